The van der Waals surface area contributed by atoms with E-state index in [-0.39, 0.29) is 11.8 Å². The van der Waals surface area contributed by atoms with Crippen molar-refractivity contribution >= 4 is 15.7 Å². The number of aryl methyl sites for hydroxylation is 3. The van der Waals surface area contributed by atoms with Crippen LogP contribution in [0, 0.1) is 20.8 Å². The first kappa shape index (κ1) is 17.2. The van der Waals surface area contributed by atoms with Crippen molar-refractivity contribution in [3.63, 3.8) is 0 Å². The monoisotopic (exact) mass is 335 g/mol. The average Bonchev–Trinajstić information content (AvgIpc) is 2.46. The van der Waals surface area contributed by atoms with Gasteiger partial charge in [-0.2, -0.15) is 9.97 Å². The molecule has 0 radical (unpaired) electrons. The first-order valence-corrected chi connectivity index (χ1v) is 9.00. The van der Waals surface area contributed by atoms with Gasteiger partial charge in [-0.25, -0.2) is 8.42 Å². The fraction of sp³-hybridized carbons (Fsp3) is 0.375. The van der Waals surface area contributed by atoms with Crippen molar-refractivity contribution in [2.45, 2.75) is 33.4 Å². The highest BCUT2D eigenvalue weighted by Gasteiger charge is 2.17. The van der Waals surface area contributed by atoms with Crippen molar-refractivity contribution in [1.29, 1.82) is 0 Å². The molecule has 0 fully saturated rings. The highest BCUT2D eigenvalue weighted by atomic mass is 32.2. The Bertz CT molecular complexity index is 764. The maximum absolute atomic E-state index is 12.4. The number of nitrogens with zero attached hydrogens (tertiary/aromatic N) is 2. The Morgan fingerprint density at radius 2 is 1.61 bits per heavy atom. The van der Waals surface area contributed by atoms with Gasteiger partial charge in [-0.15, -0.1) is 0 Å². The van der Waals surface area contributed by atoms with Crippen LogP contribution in [0.4, 0.5) is 5.69 Å². The maximum atomic E-state index is 12.4. The summed E-state index contributed by atoms with van der Waals surface area (Å²) in [6.45, 7) is 7.70. The molecule has 23 heavy (non-hydrogen) atoms. The van der Waals surface area contributed by atoms with E-state index < -0.39 is 10.0 Å². The molecule has 7 heteroatoms. The summed E-state index contributed by atoms with van der Waals surface area (Å²) < 4.78 is 32.6. The summed E-state index contributed by atoms with van der Waals surface area (Å²) >= 11 is 0. The van der Waals surface area contributed by atoms with Gasteiger partial charge in [0.2, 0.25) is 10.0 Å². The zero-order valence-electron chi connectivity index (χ0n) is 13.8. The Morgan fingerprint density at radius 3 is 2.13 bits per heavy atom. The van der Waals surface area contributed by atoms with Crippen LogP contribution >= 0.6 is 0 Å². The topological polar surface area (TPSA) is 81.2 Å². The third-order valence-corrected chi connectivity index (χ3v) is 4.49. The summed E-state index contributed by atoms with van der Waals surface area (Å²) in [4.78, 5) is 8.33. The zero-order valence-corrected chi connectivity index (χ0v) is 14.6. The van der Waals surface area contributed by atoms with Crippen LogP contribution in [-0.4, -0.2) is 25.0 Å². The Hall–Kier alpha value is -2.15. The molecule has 1 heterocycles. The second-order valence-corrected chi connectivity index (χ2v) is 7.05. The highest BCUT2D eigenvalue weighted by Crippen LogP contribution is 2.22. The second-order valence-electron chi connectivity index (χ2n) is 5.33. The Kier molecular flexibility index (Phi) is 5.20. The van der Waals surface area contributed by atoms with Crippen LogP contribution in [0.5, 0.6) is 6.01 Å². The lowest BCUT2D eigenvalue weighted by Crippen LogP contribution is -2.18. The molecular weight excluding hydrogens is 314 g/mol. The first-order chi connectivity index (χ1) is 10.8. The van der Waals surface area contributed by atoms with Crippen LogP contribution in [-0.2, 0) is 15.8 Å². The van der Waals surface area contributed by atoms with Gasteiger partial charge in [-0.1, -0.05) is 29.8 Å². The van der Waals surface area contributed by atoms with Gasteiger partial charge >= 0.3 is 6.01 Å². The summed E-state index contributed by atoms with van der Waals surface area (Å²) in [5, 5.41) is 0. The number of benzene rings is 1. The largest absolute Gasteiger partial charge is 0.464 e. The van der Waals surface area contributed by atoms with Crippen LogP contribution in [0.3, 0.4) is 0 Å². The number of aromatic nitrogens is 2. The van der Waals surface area contributed by atoms with Crippen LogP contribution < -0.4 is 9.46 Å². The van der Waals surface area contributed by atoms with E-state index in [4.69, 9.17) is 4.74 Å². The predicted octanol–water partition coefficient (Wildman–Crippen LogP) is 2.74. The van der Waals surface area contributed by atoms with Gasteiger partial charge < -0.3 is 4.74 Å². The smallest absolute Gasteiger partial charge is 0.316 e. The molecule has 0 bridgehead atoms. The number of nitrogens with one attached hydrogen (secondary N) is 1. The summed E-state index contributed by atoms with van der Waals surface area (Å²) in [6, 6.07) is 7.65. The quantitative estimate of drug-likeness (QED) is 0.878. The Morgan fingerprint density at radius 1 is 1.04 bits per heavy atom. The molecule has 124 valence electrons. The van der Waals surface area contributed by atoms with Gasteiger partial charge in [-0.05, 0) is 33.3 Å². The Balaban J connectivity index is 2.21. The molecule has 1 aromatic carbocycles. The molecule has 2 rings (SSSR count). The molecule has 0 amide bonds. The number of hydrogen-bond donors (Lipinski definition) is 1. The molecule has 0 saturated carbocycles. The number of ether oxygens (including phenoxy) is 1. The molecule has 0 aliphatic carbocycles. The number of rotatable bonds is 6. The number of hydrogen-bond acceptors (Lipinski definition) is 5. The van der Waals surface area contributed by atoms with Crippen molar-refractivity contribution in [3.8, 4) is 6.01 Å². The minimum atomic E-state index is -3.54. The van der Waals surface area contributed by atoms with Gasteiger partial charge in [0.05, 0.1) is 29.4 Å². The van der Waals surface area contributed by atoms with Crippen molar-refractivity contribution in [3.05, 3.63) is 46.8 Å². The third kappa shape index (κ3) is 4.66. The fourth-order valence-electron chi connectivity index (χ4n) is 2.12. The summed E-state index contributed by atoms with van der Waals surface area (Å²) in [7, 11) is -3.54. The summed E-state index contributed by atoms with van der Waals surface area (Å²) in [5.74, 6) is -0.0978. The lowest BCUT2D eigenvalue weighted by atomic mass is 10.2. The molecule has 1 N–H and O–H groups in total. The second kappa shape index (κ2) is 6.95. The highest BCUT2D eigenvalue weighted by molar-refractivity contribution is 7.91. The minimum Gasteiger partial charge on any atom is -0.464 e. The molecule has 0 unspecified atom stereocenters. The lowest BCUT2D eigenvalue weighted by Gasteiger charge is -2.13. The van der Waals surface area contributed by atoms with Crippen LogP contribution in [0.25, 0.3) is 0 Å². The van der Waals surface area contributed by atoms with Crippen molar-refractivity contribution in [1.82, 2.24) is 9.97 Å². The van der Waals surface area contributed by atoms with E-state index in [1.165, 1.54) is 0 Å². The van der Waals surface area contributed by atoms with E-state index >= 15 is 0 Å². The van der Waals surface area contributed by atoms with E-state index in [1.54, 1.807) is 13.8 Å². The van der Waals surface area contributed by atoms with Crippen LogP contribution in [0.2, 0.25) is 0 Å². The van der Waals surface area contributed by atoms with E-state index in [1.807, 2.05) is 38.1 Å². The molecule has 0 saturated heterocycles. The molecule has 2 aromatic rings. The van der Waals surface area contributed by atoms with Gasteiger partial charge in [0.25, 0.3) is 0 Å². The number of anilines is 1. The summed E-state index contributed by atoms with van der Waals surface area (Å²) in [6.07, 6.45) is 0. The molecule has 0 atom stereocenters. The van der Waals surface area contributed by atoms with Gasteiger partial charge in [0, 0.05) is 0 Å². The standard InChI is InChI=1S/C16H21N3O3S/c1-5-22-16-17-12(3)15(13(4)18-16)19-23(20,21)10-14-8-6-11(2)7-9-14/h6-9,19H,5,10H2,1-4H3. The maximum Gasteiger partial charge on any atom is 0.316 e. The van der Waals surface area contributed by atoms with E-state index in [2.05, 4.69) is 14.7 Å². The van der Waals surface area contributed by atoms with Gasteiger partial charge in [-0.3, -0.25) is 4.72 Å². The van der Waals surface area contributed by atoms with Gasteiger partial charge in [0.1, 0.15) is 0 Å². The van der Waals surface area contributed by atoms with Crippen molar-refractivity contribution < 1.29 is 13.2 Å². The van der Waals surface area contributed by atoms with E-state index in [9.17, 15) is 8.42 Å². The van der Waals surface area contributed by atoms with E-state index in [0.29, 0.717) is 23.7 Å². The van der Waals surface area contributed by atoms with E-state index in [0.717, 1.165) is 11.1 Å². The fourth-order valence-corrected chi connectivity index (χ4v) is 3.43. The molecule has 0 aliphatic rings. The van der Waals surface area contributed by atoms with Crippen LogP contribution in [0.15, 0.2) is 24.3 Å². The van der Waals surface area contributed by atoms with Crippen LogP contribution in [0.1, 0.15) is 29.4 Å². The average molecular weight is 335 g/mol. The lowest BCUT2D eigenvalue weighted by molar-refractivity contribution is 0.311. The molecule has 0 spiro atoms. The SMILES string of the molecule is CCOc1nc(C)c(NS(=O)(=O)Cc2ccc(C)cc2)c(C)n1. The normalized spacial score (nSPS) is 11.3. The predicted molar refractivity (Wildman–Crippen MR) is 90.1 cm³/mol. The van der Waals surface area contributed by atoms with Gasteiger partial charge in [0.15, 0.2) is 0 Å². The summed E-state index contributed by atoms with van der Waals surface area (Å²) in [5.41, 5.74) is 3.29. The molecule has 6 nitrogen and oxygen atoms in total. The van der Waals surface area contributed by atoms with Crippen molar-refractivity contribution in [2.24, 2.45) is 0 Å². The zero-order chi connectivity index (χ0) is 17.0. The Labute approximate surface area is 137 Å². The third-order valence-electron chi connectivity index (χ3n) is 3.26. The van der Waals surface area contributed by atoms with Crippen molar-refractivity contribution in [2.75, 3.05) is 11.3 Å². The molecule has 1 aromatic heterocycles. The minimum absolute atomic E-state index is 0.0978. The molecule has 0 aliphatic heterocycles. The number of sulfonamides is 1. The molecular formula is C16H21N3O3S. The first-order valence-electron chi connectivity index (χ1n) is 7.35.